The van der Waals surface area contributed by atoms with Crippen molar-refractivity contribution < 1.29 is 0 Å². The smallest absolute Gasteiger partial charge is 0.330 e. The third kappa shape index (κ3) is 3.17. The van der Waals surface area contributed by atoms with Gasteiger partial charge in [0.25, 0.3) is 5.56 Å². The highest BCUT2D eigenvalue weighted by Crippen LogP contribution is 2.09. The number of nitrogens with two attached hydrogens (primary N) is 1. The Kier molecular flexibility index (Phi) is 5.06. The maximum Gasteiger partial charge on any atom is 0.330 e. The number of nitrogens with one attached hydrogen (secondary N) is 2. The van der Waals surface area contributed by atoms with E-state index < -0.39 is 11.2 Å². The molecule has 18 heavy (non-hydrogen) atoms. The van der Waals surface area contributed by atoms with Gasteiger partial charge in [-0.3, -0.25) is 14.3 Å². The lowest BCUT2D eigenvalue weighted by Gasteiger charge is -2.12. The highest BCUT2D eigenvalue weighted by molar-refractivity contribution is 5.60. The highest BCUT2D eigenvalue weighted by Gasteiger charge is 2.10. The average molecular weight is 250 g/mol. The molecule has 0 saturated carbocycles. The number of aromatic amines is 1. The number of nitrogens with zero attached hydrogens (tertiary/aromatic N) is 1. The Morgan fingerprint density at radius 1 is 1.44 bits per heavy atom. The number of terminal acetylenes is 1. The maximum atomic E-state index is 11.6. The predicted octanol–water partition coefficient (Wildman–Crippen LogP) is 0.354. The van der Waals surface area contributed by atoms with Crippen molar-refractivity contribution >= 4 is 11.5 Å². The fraction of sp³-hybridized carbons (Fsp3) is 0.500. The van der Waals surface area contributed by atoms with Gasteiger partial charge in [-0.2, -0.15) is 0 Å². The minimum absolute atomic E-state index is 0.170. The molecule has 1 heterocycles. The standard InChI is InChI=1S/C12H18N4O2/c1-3-5-6-7-8-14-9-10(13)16(4-2)12(18)15-11(9)17/h1,14H,4-8,13H2,2H3,(H,15,17,18). The second-order valence-electron chi connectivity index (χ2n) is 3.85. The molecule has 0 aliphatic rings. The Labute approximate surface area is 105 Å². The summed E-state index contributed by atoms with van der Waals surface area (Å²) in [5.41, 5.74) is 5.06. The average Bonchev–Trinajstić information content (AvgIpc) is 2.32. The van der Waals surface area contributed by atoms with Gasteiger partial charge >= 0.3 is 5.69 Å². The van der Waals surface area contributed by atoms with Gasteiger partial charge in [-0.05, 0) is 19.8 Å². The molecule has 0 aliphatic heterocycles. The number of hydrogen-bond acceptors (Lipinski definition) is 4. The summed E-state index contributed by atoms with van der Waals surface area (Å²) >= 11 is 0. The van der Waals surface area contributed by atoms with Crippen LogP contribution in [0.25, 0.3) is 0 Å². The van der Waals surface area contributed by atoms with E-state index in [9.17, 15) is 9.59 Å². The van der Waals surface area contributed by atoms with Crippen LogP contribution in [0.4, 0.5) is 11.5 Å². The molecule has 0 aliphatic carbocycles. The van der Waals surface area contributed by atoms with Crippen molar-refractivity contribution in [2.45, 2.75) is 32.7 Å². The van der Waals surface area contributed by atoms with E-state index in [-0.39, 0.29) is 11.5 Å². The number of hydrogen-bond donors (Lipinski definition) is 3. The van der Waals surface area contributed by atoms with Crippen molar-refractivity contribution in [3.05, 3.63) is 20.8 Å². The summed E-state index contributed by atoms with van der Waals surface area (Å²) in [5.74, 6) is 2.72. The van der Waals surface area contributed by atoms with Crippen LogP contribution >= 0.6 is 0 Å². The molecule has 0 bridgehead atoms. The van der Waals surface area contributed by atoms with E-state index in [1.54, 1.807) is 6.92 Å². The Morgan fingerprint density at radius 2 is 2.17 bits per heavy atom. The van der Waals surface area contributed by atoms with Gasteiger partial charge in [0.15, 0.2) is 0 Å². The number of anilines is 2. The van der Waals surface area contributed by atoms with Crippen molar-refractivity contribution in [3.8, 4) is 12.3 Å². The molecule has 0 fully saturated rings. The molecule has 6 nitrogen and oxygen atoms in total. The van der Waals surface area contributed by atoms with Gasteiger partial charge in [0.1, 0.15) is 11.5 Å². The number of unbranched alkanes of at least 4 members (excludes halogenated alkanes) is 2. The van der Waals surface area contributed by atoms with Crippen molar-refractivity contribution in [1.29, 1.82) is 0 Å². The normalized spacial score (nSPS) is 10.0. The predicted molar refractivity (Wildman–Crippen MR) is 72.6 cm³/mol. The van der Waals surface area contributed by atoms with Crippen LogP contribution in [0.2, 0.25) is 0 Å². The van der Waals surface area contributed by atoms with Gasteiger partial charge in [-0.15, -0.1) is 12.3 Å². The first kappa shape index (κ1) is 13.9. The molecule has 0 spiro atoms. The van der Waals surface area contributed by atoms with Gasteiger partial charge in [-0.25, -0.2) is 4.79 Å². The fourth-order valence-corrected chi connectivity index (χ4v) is 1.64. The monoisotopic (exact) mass is 250 g/mol. The van der Waals surface area contributed by atoms with Crippen molar-refractivity contribution in [2.24, 2.45) is 0 Å². The molecule has 0 unspecified atom stereocenters. The summed E-state index contributed by atoms with van der Waals surface area (Å²) in [6.45, 7) is 2.79. The molecule has 0 saturated heterocycles. The molecular formula is C12H18N4O2. The van der Waals surface area contributed by atoms with E-state index in [2.05, 4.69) is 16.2 Å². The van der Waals surface area contributed by atoms with E-state index in [1.807, 2.05) is 0 Å². The molecule has 1 aromatic heterocycles. The second kappa shape index (κ2) is 6.55. The van der Waals surface area contributed by atoms with Crippen LogP contribution < -0.4 is 22.3 Å². The third-order valence-electron chi connectivity index (χ3n) is 2.61. The first-order valence-electron chi connectivity index (χ1n) is 5.91. The fourth-order valence-electron chi connectivity index (χ4n) is 1.64. The first-order chi connectivity index (χ1) is 8.61. The summed E-state index contributed by atoms with van der Waals surface area (Å²) in [7, 11) is 0. The molecule has 0 radical (unpaired) electrons. The largest absolute Gasteiger partial charge is 0.383 e. The Balaban J connectivity index is 2.80. The van der Waals surface area contributed by atoms with Crippen LogP contribution in [0.5, 0.6) is 0 Å². The van der Waals surface area contributed by atoms with Crippen LogP contribution in [-0.2, 0) is 6.54 Å². The van der Waals surface area contributed by atoms with E-state index in [1.165, 1.54) is 4.57 Å². The molecule has 98 valence electrons. The quantitative estimate of drug-likeness (QED) is 0.502. The van der Waals surface area contributed by atoms with Crippen LogP contribution in [-0.4, -0.2) is 16.1 Å². The summed E-state index contributed by atoms with van der Waals surface area (Å²) in [6.07, 6.45) is 7.58. The summed E-state index contributed by atoms with van der Waals surface area (Å²) in [4.78, 5) is 25.3. The maximum absolute atomic E-state index is 11.6. The SMILES string of the molecule is C#CCCCCNc1c(N)n(CC)c(=O)[nH]c1=O. The van der Waals surface area contributed by atoms with E-state index in [0.717, 1.165) is 12.8 Å². The summed E-state index contributed by atoms with van der Waals surface area (Å²) < 4.78 is 1.31. The minimum atomic E-state index is -0.488. The van der Waals surface area contributed by atoms with Gasteiger partial charge in [0.2, 0.25) is 0 Å². The lowest BCUT2D eigenvalue weighted by atomic mass is 10.2. The molecule has 0 atom stereocenters. The lowest BCUT2D eigenvalue weighted by Crippen LogP contribution is -2.33. The van der Waals surface area contributed by atoms with Crippen molar-refractivity contribution in [3.63, 3.8) is 0 Å². The molecular weight excluding hydrogens is 232 g/mol. The van der Waals surface area contributed by atoms with Crippen molar-refractivity contribution in [2.75, 3.05) is 17.6 Å². The molecule has 6 heteroatoms. The Hall–Kier alpha value is -2.16. The third-order valence-corrected chi connectivity index (χ3v) is 2.61. The second-order valence-corrected chi connectivity index (χ2v) is 3.85. The summed E-state index contributed by atoms with van der Waals surface area (Å²) in [5, 5.41) is 2.94. The molecule has 0 aromatic carbocycles. The zero-order valence-corrected chi connectivity index (χ0v) is 10.5. The minimum Gasteiger partial charge on any atom is -0.383 e. The van der Waals surface area contributed by atoms with Crippen LogP contribution in [0.1, 0.15) is 26.2 Å². The summed E-state index contributed by atoms with van der Waals surface area (Å²) in [6, 6.07) is 0. The first-order valence-corrected chi connectivity index (χ1v) is 5.91. The van der Waals surface area contributed by atoms with Gasteiger partial charge in [-0.1, -0.05) is 0 Å². The van der Waals surface area contributed by atoms with Crippen LogP contribution in [0.15, 0.2) is 9.59 Å². The Bertz CT molecular complexity index is 551. The van der Waals surface area contributed by atoms with E-state index in [0.29, 0.717) is 19.5 Å². The van der Waals surface area contributed by atoms with Gasteiger partial charge in [0.05, 0.1) is 0 Å². The number of aromatic nitrogens is 2. The van der Waals surface area contributed by atoms with Crippen LogP contribution in [0.3, 0.4) is 0 Å². The number of rotatable bonds is 6. The number of H-pyrrole nitrogens is 1. The molecule has 0 amide bonds. The molecule has 1 rings (SSSR count). The lowest BCUT2D eigenvalue weighted by molar-refractivity contribution is 0.704. The number of nitrogen functional groups attached to an aromatic ring is 1. The zero-order valence-electron chi connectivity index (χ0n) is 10.5. The van der Waals surface area contributed by atoms with Gasteiger partial charge < -0.3 is 11.1 Å². The van der Waals surface area contributed by atoms with E-state index >= 15 is 0 Å². The Morgan fingerprint density at radius 3 is 2.78 bits per heavy atom. The van der Waals surface area contributed by atoms with Crippen molar-refractivity contribution in [1.82, 2.24) is 9.55 Å². The highest BCUT2D eigenvalue weighted by atomic mass is 16.2. The van der Waals surface area contributed by atoms with E-state index in [4.69, 9.17) is 12.2 Å². The molecule has 1 aromatic rings. The zero-order chi connectivity index (χ0) is 13.5. The topological polar surface area (TPSA) is 92.9 Å². The molecule has 4 N–H and O–H groups in total. The van der Waals surface area contributed by atoms with Gasteiger partial charge in [0, 0.05) is 19.5 Å². The van der Waals surface area contributed by atoms with Crippen LogP contribution in [0, 0.1) is 12.3 Å².